The van der Waals surface area contributed by atoms with Crippen molar-refractivity contribution in [2.75, 3.05) is 20.3 Å². The van der Waals surface area contributed by atoms with E-state index in [9.17, 15) is 0 Å². The van der Waals surface area contributed by atoms with Crippen molar-refractivity contribution in [1.82, 2.24) is 5.32 Å². The molecule has 4 nitrogen and oxygen atoms in total. The van der Waals surface area contributed by atoms with E-state index in [0.29, 0.717) is 19.8 Å². The summed E-state index contributed by atoms with van der Waals surface area (Å²) in [6, 6.07) is 1.95. The van der Waals surface area contributed by atoms with Crippen LogP contribution in [0.25, 0.3) is 0 Å². The molecule has 0 aliphatic heterocycles. The molecular formula is C13H23NO3. The van der Waals surface area contributed by atoms with E-state index >= 15 is 0 Å². The van der Waals surface area contributed by atoms with Crippen molar-refractivity contribution in [2.24, 2.45) is 0 Å². The Morgan fingerprint density at radius 1 is 1.29 bits per heavy atom. The Morgan fingerprint density at radius 3 is 2.71 bits per heavy atom. The Morgan fingerprint density at radius 2 is 2.06 bits per heavy atom. The fourth-order valence-electron chi connectivity index (χ4n) is 1.32. The lowest BCUT2D eigenvalue weighted by Crippen LogP contribution is -2.35. The molecule has 0 saturated heterocycles. The molecular weight excluding hydrogens is 218 g/mol. The van der Waals surface area contributed by atoms with Gasteiger partial charge >= 0.3 is 0 Å². The molecule has 98 valence electrons. The van der Waals surface area contributed by atoms with Crippen LogP contribution >= 0.6 is 0 Å². The molecule has 1 heterocycles. The number of methoxy groups -OCH3 is 1. The molecule has 0 aliphatic carbocycles. The molecule has 0 aliphatic rings. The fraction of sp³-hybridized carbons (Fsp3) is 0.692. The van der Waals surface area contributed by atoms with Crippen LogP contribution in [0.5, 0.6) is 0 Å². The molecule has 0 unspecified atom stereocenters. The highest BCUT2D eigenvalue weighted by Gasteiger charge is 2.12. The van der Waals surface area contributed by atoms with Crippen LogP contribution in [-0.4, -0.2) is 25.9 Å². The van der Waals surface area contributed by atoms with Crippen molar-refractivity contribution in [3.8, 4) is 0 Å². The zero-order valence-corrected chi connectivity index (χ0v) is 11.2. The smallest absolute Gasteiger partial charge is 0.123 e. The van der Waals surface area contributed by atoms with Gasteiger partial charge in [0.1, 0.15) is 5.76 Å². The molecule has 0 atom stereocenters. The van der Waals surface area contributed by atoms with E-state index in [1.807, 2.05) is 6.07 Å². The molecule has 1 aromatic rings. The molecule has 0 amide bonds. The first-order valence-corrected chi connectivity index (χ1v) is 5.90. The SMILES string of the molecule is COCCOCc1ccoc1CNC(C)(C)C. The normalized spacial score (nSPS) is 12.0. The molecule has 0 aromatic carbocycles. The second-order valence-corrected chi connectivity index (χ2v) is 5.02. The lowest BCUT2D eigenvalue weighted by atomic mass is 10.1. The Bertz CT molecular complexity index is 315. The van der Waals surface area contributed by atoms with Gasteiger partial charge in [-0.05, 0) is 26.8 Å². The van der Waals surface area contributed by atoms with Gasteiger partial charge in [0.15, 0.2) is 0 Å². The first-order chi connectivity index (χ1) is 8.03. The molecule has 17 heavy (non-hydrogen) atoms. The van der Waals surface area contributed by atoms with Crippen molar-refractivity contribution in [2.45, 2.75) is 39.5 Å². The van der Waals surface area contributed by atoms with Gasteiger partial charge in [-0.2, -0.15) is 0 Å². The van der Waals surface area contributed by atoms with Crippen molar-refractivity contribution in [1.29, 1.82) is 0 Å². The zero-order valence-electron chi connectivity index (χ0n) is 11.2. The summed E-state index contributed by atoms with van der Waals surface area (Å²) in [6.45, 7) is 8.90. The molecule has 0 saturated carbocycles. The maximum absolute atomic E-state index is 5.48. The third-order valence-electron chi connectivity index (χ3n) is 2.31. The highest BCUT2D eigenvalue weighted by Crippen LogP contribution is 2.13. The van der Waals surface area contributed by atoms with Gasteiger partial charge in [-0.1, -0.05) is 0 Å². The Kier molecular flexibility index (Phi) is 5.68. The van der Waals surface area contributed by atoms with E-state index in [1.165, 1.54) is 0 Å². The van der Waals surface area contributed by atoms with Gasteiger partial charge < -0.3 is 19.2 Å². The minimum absolute atomic E-state index is 0.0843. The Labute approximate surface area is 103 Å². The monoisotopic (exact) mass is 241 g/mol. The fourth-order valence-corrected chi connectivity index (χ4v) is 1.32. The summed E-state index contributed by atoms with van der Waals surface area (Å²) in [5.74, 6) is 0.942. The number of hydrogen-bond donors (Lipinski definition) is 1. The van der Waals surface area contributed by atoms with E-state index in [0.717, 1.165) is 17.9 Å². The summed E-state index contributed by atoms with van der Waals surface area (Å²) < 4.78 is 15.8. The predicted molar refractivity (Wildman–Crippen MR) is 66.8 cm³/mol. The van der Waals surface area contributed by atoms with Gasteiger partial charge in [0, 0.05) is 18.2 Å². The summed E-state index contributed by atoms with van der Waals surface area (Å²) in [6.07, 6.45) is 1.70. The van der Waals surface area contributed by atoms with Crippen LogP contribution in [0.4, 0.5) is 0 Å². The van der Waals surface area contributed by atoms with Crippen molar-refractivity contribution >= 4 is 0 Å². The van der Waals surface area contributed by atoms with Crippen LogP contribution in [0, 0.1) is 0 Å². The molecule has 4 heteroatoms. The van der Waals surface area contributed by atoms with Gasteiger partial charge in [0.05, 0.1) is 32.6 Å². The number of hydrogen-bond acceptors (Lipinski definition) is 4. The van der Waals surface area contributed by atoms with Gasteiger partial charge in [0.2, 0.25) is 0 Å². The maximum Gasteiger partial charge on any atom is 0.123 e. The van der Waals surface area contributed by atoms with Crippen LogP contribution in [0.2, 0.25) is 0 Å². The summed E-state index contributed by atoms with van der Waals surface area (Å²) in [7, 11) is 1.67. The third kappa shape index (κ3) is 5.86. The maximum atomic E-state index is 5.48. The molecule has 0 radical (unpaired) electrons. The van der Waals surface area contributed by atoms with Gasteiger partial charge in [-0.15, -0.1) is 0 Å². The number of furan rings is 1. The lowest BCUT2D eigenvalue weighted by molar-refractivity contribution is 0.0609. The quantitative estimate of drug-likeness (QED) is 0.744. The number of rotatable bonds is 7. The summed E-state index contributed by atoms with van der Waals surface area (Å²) >= 11 is 0. The van der Waals surface area contributed by atoms with Gasteiger partial charge in [0.25, 0.3) is 0 Å². The second kappa shape index (κ2) is 6.79. The predicted octanol–water partition coefficient (Wildman–Crippen LogP) is 2.33. The summed E-state index contributed by atoms with van der Waals surface area (Å²) in [4.78, 5) is 0. The van der Waals surface area contributed by atoms with E-state index < -0.39 is 0 Å². The topological polar surface area (TPSA) is 43.6 Å². The van der Waals surface area contributed by atoms with Crippen molar-refractivity contribution < 1.29 is 13.9 Å². The highest BCUT2D eigenvalue weighted by molar-refractivity contribution is 5.16. The van der Waals surface area contributed by atoms with E-state index in [1.54, 1.807) is 13.4 Å². The average molecular weight is 241 g/mol. The minimum atomic E-state index is 0.0843. The molecule has 0 fully saturated rings. The van der Waals surface area contributed by atoms with Crippen LogP contribution < -0.4 is 5.32 Å². The van der Waals surface area contributed by atoms with E-state index in [4.69, 9.17) is 13.9 Å². The molecule has 0 spiro atoms. The summed E-state index contributed by atoms with van der Waals surface area (Å²) in [5, 5.41) is 3.39. The van der Waals surface area contributed by atoms with Crippen molar-refractivity contribution in [3.63, 3.8) is 0 Å². The van der Waals surface area contributed by atoms with Crippen LogP contribution in [0.1, 0.15) is 32.1 Å². The number of ether oxygens (including phenoxy) is 2. The second-order valence-electron chi connectivity index (χ2n) is 5.02. The van der Waals surface area contributed by atoms with E-state index in [2.05, 4.69) is 26.1 Å². The number of nitrogens with one attached hydrogen (secondary N) is 1. The Balaban J connectivity index is 2.37. The standard InChI is InChI=1S/C13H23NO3/c1-13(2,3)14-9-12-11(5-6-17-12)10-16-8-7-15-4/h5-6,14H,7-10H2,1-4H3. The third-order valence-corrected chi connectivity index (χ3v) is 2.31. The summed E-state index contributed by atoms with van der Waals surface area (Å²) in [5.41, 5.74) is 1.18. The zero-order chi connectivity index (χ0) is 12.7. The lowest BCUT2D eigenvalue weighted by Gasteiger charge is -2.20. The molecule has 1 rings (SSSR count). The van der Waals surface area contributed by atoms with Crippen LogP contribution in [0.15, 0.2) is 16.7 Å². The average Bonchev–Trinajstić information content (AvgIpc) is 2.68. The molecule has 0 bridgehead atoms. The van der Waals surface area contributed by atoms with Gasteiger partial charge in [-0.3, -0.25) is 0 Å². The van der Waals surface area contributed by atoms with Gasteiger partial charge in [-0.25, -0.2) is 0 Å². The first-order valence-electron chi connectivity index (χ1n) is 5.90. The van der Waals surface area contributed by atoms with Crippen molar-refractivity contribution in [3.05, 3.63) is 23.7 Å². The first kappa shape index (κ1) is 14.2. The van der Waals surface area contributed by atoms with Crippen LogP contribution in [-0.2, 0) is 22.6 Å². The minimum Gasteiger partial charge on any atom is -0.468 e. The largest absolute Gasteiger partial charge is 0.468 e. The van der Waals surface area contributed by atoms with Crippen LogP contribution in [0.3, 0.4) is 0 Å². The molecule has 1 aromatic heterocycles. The highest BCUT2D eigenvalue weighted by atomic mass is 16.5. The Hall–Kier alpha value is -0.840. The van der Waals surface area contributed by atoms with E-state index in [-0.39, 0.29) is 5.54 Å². The molecule has 1 N–H and O–H groups in total.